The summed E-state index contributed by atoms with van der Waals surface area (Å²) in [6.45, 7) is 0. The first-order valence-electron chi connectivity index (χ1n) is 8.78. The molecule has 0 unspecified atom stereocenters. The Morgan fingerprint density at radius 1 is 0.536 bits per heavy atom. The van der Waals surface area contributed by atoms with E-state index in [0.717, 1.165) is 11.1 Å². The number of nitrogens with one attached hydrogen (secondary N) is 2. The van der Waals surface area contributed by atoms with Crippen LogP contribution in [0.3, 0.4) is 0 Å². The van der Waals surface area contributed by atoms with E-state index in [9.17, 15) is 9.59 Å². The Bertz CT molecular complexity index is 1330. The number of aromatic amines is 2. The Hall–Kier alpha value is -4.06. The first-order chi connectivity index (χ1) is 13.7. The van der Waals surface area contributed by atoms with Crippen molar-refractivity contribution >= 4 is 21.5 Å². The molecule has 0 aliphatic heterocycles. The van der Waals surface area contributed by atoms with E-state index < -0.39 is 0 Å². The fourth-order valence-corrected chi connectivity index (χ4v) is 3.45. The number of rotatable bonds is 2. The Morgan fingerprint density at radius 3 is 1.36 bits per heavy atom. The number of hydrogen-bond donors (Lipinski definition) is 2. The Morgan fingerprint density at radius 2 is 0.929 bits per heavy atom. The van der Waals surface area contributed by atoms with Crippen LogP contribution in [0, 0.1) is 0 Å². The average Bonchev–Trinajstić information content (AvgIpc) is 2.75. The second-order valence-electron chi connectivity index (χ2n) is 6.48. The quantitative estimate of drug-likeness (QED) is 0.468. The van der Waals surface area contributed by atoms with Gasteiger partial charge in [0, 0.05) is 21.9 Å². The van der Waals surface area contributed by atoms with Crippen molar-refractivity contribution in [3.05, 3.63) is 93.5 Å². The first kappa shape index (κ1) is 16.1. The number of aromatic nitrogens is 4. The monoisotopic (exact) mass is 366 g/mol. The average molecular weight is 366 g/mol. The second-order valence-corrected chi connectivity index (χ2v) is 6.48. The summed E-state index contributed by atoms with van der Waals surface area (Å²) >= 11 is 0. The lowest BCUT2D eigenvalue weighted by Gasteiger charge is -2.09. The third-order valence-corrected chi connectivity index (χ3v) is 4.79. The van der Waals surface area contributed by atoms with Crippen LogP contribution in [0.4, 0.5) is 0 Å². The lowest BCUT2D eigenvalue weighted by molar-refractivity contribution is 1.01. The van der Waals surface area contributed by atoms with Gasteiger partial charge in [0.2, 0.25) is 0 Å². The third kappa shape index (κ3) is 2.51. The standard InChI is InChI=1S/C22H14N4O2/c27-21-17-12-18-16(20(24-26-22(18)28)14-9-5-2-6-10-14)11-15(17)19(23-25-21)13-7-3-1-4-8-13/h1-12H,(H,25,27)(H,26,28). The van der Waals surface area contributed by atoms with E-state index in [1.165, 1.54) is 0 Å². The summed E-state index contributed by atoms with van der Waals surface area (Å²) in [5, 5.41) is 15.8. The normalized spacial score (nSPS) is 11.1. The summed E-state index contributed by atoms with van der Waals surface area (Å²) in [7, 11) is 0. The summed E-state index contributed by atoms with van der Waals surface area (Å²) in [5.41, 5.74) is 2.38. The molecule has 134 valence electrons. The van der Waals surface area contributed by atoms with E-state index in [-0.39, 0.29) is 11.1 Å². The van der Waals surface area contributed by atoms with Crippen molar-refractivity contribution in [2.45, 2.75) is 0 Å². The number of fused-ring (bicyclic) bond motifs is 2. The van der Waals surface area contributed by atoms with Crippen molar-refractivity contribution in [1.82, 2.24) is 20.4 Å². The zero-order valence-corrected chi connectivity index (χ0v) is 14.6. The van der Waals surface area contributed by atoms with Gasteiger partial charge in [0.1, 0.15) is 0 Å². The zero-order valence-electron chi connectivity index (χ0n) is 14.6. The second kappa shape index (κ2) is 6.28. The van der Waals surface area contributed by atoms with Crippen LogP contribution in [0.5, 0.6) is 0 Å². The van der Waals surface area contributed by atoms with Gasteiger partial charge in [0.25, 0.3) is 11.1 Å². The lowest BCUT2D eigenvalue weighted by Crippen LogP contribution is -2.13. The molecule has 0 amide bonds. The molecule has 0 fully saturated rings. The SMILES string of the molecule is O=c1[nH]nc(-c2ccccc2)c2cc3c(-c4ccccc4)n[nH]c(=O)c3cc12. The maximum absolute atomic E-state index is 12.4. The van der Waals surface area contributed by atoms with Gasteiger partial charge in [-0.3, -0.25) is 9.59 Å². The van der Waals surface area contributed by atoms with Gasteiger partial charge in [-0.1, -0.05) is 60.7 Å². The van der Waals surface area contributed by atoms with Crippen LogP contribution in [-0.4, -0.2) is 20.4 Å². The number of H-pyrrole nitrogens is 2. The molecule has 0 atom stereocenters. The maximum Gasteiger partial charge on any atom is 0.272 e. The van der Waals surface area contributed by atoms with Crippen LogP contribution in [0.1, 0.15) is 0 Å². The van der Waals surface area contributed by atoms with E-state index >= 15 is 0 Å². The summed E-state index contributed by atoms with van der Waals surface area (Å²) in [6.07, 6.45) is 0. The van der Waals surface area contributed by atoms with E-state index in [1.807, 2.05) is 66.7 Å². The highest BCUT2D eigenvalue weighted by molar-refractivity contribution is 6.06. The highest BCUT2D eigenvalue weighted by atomic mass is 16.1. The highest BCUT2D eigenvalue weighted by Crippen LogP contribution is 2.30. The van der Waals surface area contributed by atoms with Crippen LogP contribution >= 0.6 is 0 Å². The third-order valence-electron chi connectivity index (χ3n) is 4.79. The first-order valence-corrected chi connectivity index (χ1v) is 8.78. The highest BCUT2D eigenvalue weighted by Gasteiger charge is 2.15. The van der Waals surface area contributed by atoms with E-state index in [0.29, 0.717) is 32.9 Å². The molecular formula is C22H14N4O2. The molecule has 0 saturated carbocycles. The molecule has 0 radical (unpaired) electrons. The topological polar surface area (TPSA) is 91.5 Å². The summed E-state index contributed by atoms with van der Waals surface area (Å²) in [4.78, 5) is 24.9. The molecule has 6 nitrogen and oxygen atoms in total. The zero-order chi connectivity index (χ0) is 19.1. The molecule has 2 N–H and O–H groups in total. The summed E-state index contributed by atoms with van der Waals surface area (Å²) in [6, 6.07) is 22.7. The predicted octanol–water partition coefficient (Wildman–Crippen LogP) is 3.49. The van der Waals surface area contributed by atoms with Gasteiger partial charge >= 0.3 is 0 Å². The van der Waals surface area contributed by atoms with Crippen molar-refractivity contribution in [3.63, 3.8) is 0 Å². The lowest BCUT2D eigenvalue weighted by atomic mass is 9.99. The number of benzene rings is 3. The number of hydrogen-bond acceptors (Lipinski definition) is 4. The van der Waals surface area contributed by atoms with Crippen molar-refractivity contribution in [2.24, 2.45) is 0 Å². The van der Waals surface area contributed by atoms with Crippen LogP contribution in [0.25, 0.3) is 44.1 Å². The molecule has 6 heteroatoms. The predicted molar refractivity (Wildman–Crippen MR) is 109 cm³/mol. The number of nitrogens with zero attached hydrogens (tertiary/aromatic N) is 2. The molecule has 5 aromatic rings. The molecule has 2 aromatic heterocycles. The molecule has 0 spiro atoms. The van der Waals surface area contributed by atoms with E-state index in [1.54, 1.807) is 6.07 Å². The van der Waals surface area contributed by atoms with Gasteiger partial charge in [-0.2, -0.15) is 10.2 Å². The van der Waals surface area contributed by atoms with Crippen LogP contribution in [0.2, 0.25) is 0 Å². The molecular weight excluding hydrogens is 352 g/mol. The largest absolute Gasteiger partial charge is 0.272 e. The van der Waals surface area contributed by atoms with Crippen molar-refractivity contribution in [2.75, 3.05) is 0 Å². The van der Waals surface area contributed by atoms with Crippen LogP contribution in [0.15, 0.2) is 82.4 Å². The van der Waals surface area contributed by atoms with E-state index in [2.05, 4.69) is 20.4 Å². The van der Waals surface area contributed by atoms with Crippen LogP contribution < -0.4 is 11.1 Å². The van der Waals surface area contributed by atoms with Crippen molar-refractivity contribution in [3.8, 4) is 22.5 Å². The van der Waals surface area contributed by atoms with Crippen LogP contribution in [-0.2, 0) is 0 Å². The van der Waals surface area contributed by atoms with Gasteiger partial charge in [-0.25, -0.2) is 10.2 Å². The van der Waals surface area contributed by atoms with Gasteiger partial charge < -0.3 is 0 Å². The fourth-order valence-electron chi connectivity index (χ4n) is 3.45. The molecule has 0 saturated heterocycles. The summed E-state index contributed by atoms with van der Waals surface area (Å²) < 4.78 is 0. The molecule has 0 aliphatic carbocycles. The molecule has 2 heterocycles. The minimum absolute atomic E-state index is 0.339. The van der Waals surface area contributed by atoms with Gasteiger partial charge in [0.15, 0.2) is 0 Å². The molecule has 28 heavy (non-hydrogen) atoms. The fraction of sp³-hybridized carbons (Fsp3) is 0. The Labute approximate surface area is 158 Å². The van der Waals surface area contributed by atoms with Gasteiger partial charge in [-0.15, -0.1) is 0 Å². The molecule has 0 aliphatic rings. The van der Waals surface area contributed by atoms with Gasteiger partial charge in [0.05, 0.1) is 22.2 Å². The molecule has 0 bridgehead atoms. The summed E-state index contributed by atoms with van der Waals surface area (Å²) in [5.74, 6) is 0. The van der Waals surface area contributed by atoms with E-state index in [4.69, 9.17) is 0 Å². The molecule has 3 aromatic carbocycles. The minimum atomic E-state index is -0.339. The Kier molecular flexibility index (Phi) is 3.62. The maximum atomic E-state index is 12.4. The smallest absolute Gasteiger partial charge is 0.267 e. The van der Waals surface area contributed by atoms with Gasteiger partial charge in [-0.05, 0) is 12.1 Å². The Balaban J connectivity index is 1.94. The van der Waals surface area contributed by atoms with Crippen molar-refractivity contribution in [1.29, 1.82) is 0 Å². The molecule has 5 rings (SSSR count). The minimum Gasteiger partial charge on any atom is -0.267 e. The van der Waals surface area contributed by atoms with Crippen molar-refractivity contribution < 1.29 is 0 Å².